The molecule has 26 heavy (non-hydrogen) atoms. The summed E-state index contributed by atoms with van der Waals surface area (Å²) >= 11 is 1.44. The van der Waals surface area contributed by atoms with Gasteiger partial charge in [0.15, 0.2) is 23.9 Å². The van der Waals surface area contributed by atoms with E-state index in [-0.39, 0.29) is 17.8 Å². The Hall–Kier alpha value is -2.65. The topological polar surface area (TPSA) is 72.2 Å². The van der Waals surface area contributed by atoms with Gasteiger partial charge in [-0.05, 0) is 30.7 Å². The number of rotatable bonds is 6. The number of benzene rings is 1. The first kappa shape index (κ1) is 19.7. The molecule has 1 aromatic carbocycles. The summed E-state index contributed by atoms with van der Waals surface area (Å²) in [5.41, 5.74) is 1.48. The van der Waals surface area contributed by atoms with E-state index in [2.05, 4.69) is 25.8 Å². The fraction of sp³-hybridized carbons (Fsp3) is 0.350. The quantitative estimate of drug-likeness (QED) is 0.551. The molecule has 0 spiro atoms. The van der Waals surface area contributed by atoms with Crippen molar-refractivity contribution in [3.8, 4) is 17.6 Å². The average Bonchev–Trinajstić information content (AvgIpc) is 3.00. The highest BCUT2D eigenvalue weighted by atomic mass is 32.1. The molecule has 2 rings (SSSR count). The van der Waals surface area contributed by atoms with Crippen LogP contribution < -0.4 is 9.47 Å². The van der Waals surface area contributed by atoms with Gasteiger partial charge in [-0.3, -0.25) is 4.79 Å². The van der Waals surface area contributed by atoms with Crippen LogP contribution in [0, 0.1) is 18.3 Å². The lowest BCUT2D eigenvalue weighted by atomic mass is 9.98. The molecule has 0 radical (unpaired) electrons. The van der Waals surface area contributed by atoms with Gasteiger partial charge in [0.25, 0.3) is 0 Å². The monoisotopic (exact) mass is 370 g/mol. The summed E-state index contributed by atoms with van der Waals surface area (Å²) < 4.78 is 10.6. The molecule has 0 aliphatic heterocycles. The highest BCUT2D eigenvalue weighted by Crippen LogP contribution is 2.30. The number of carbonyl (C=O) groups is 1. The smallest absolute Gasteiger partial charge is 0.197 e. The van der Waals surface area contributed by atoms with Crippen molar-refractivity contribution in [2.45, 2.75) is 33.1 Å². The van der Waals surface area contributed by atoms with Crippen molar-refractivity contribution in [1.29, 1.82) is 5.26 Å². The molecule has 0 N–H and O–H groups in total. The predicted molar refractivity (Wildman–Crippen MR) is 103 cm³/mol. The fourth-order valence-corrected chi connectivity index (χ4v) is 3.25. The maximum Gasteiger partial charge on any atom is 0.197 e. The summed E-state index contributed by atoms with van der Waals surface area (Å²) in [6.45, 7) is 8.05. The second kappa shape index (κ2) is 8.15. The molecule has 0 saturated heterocycles. The van der Waals surface area contributed by atoms with Crippen molar-refractivity contribution >= 4 is 23.2 Å². The third-order valence-electron chi connectivity index (χ3n) is 3.57. The van der Waals surface area contributed by atoms with Crippen molar-refractivity contribution in [3.63, 3.8) is 0 Å². The van der Waals surface area contributed by atoms with Crippen molar-refractivity contribution in [3.05, 3.63) is 45.4 Å². The van der Waals surface area contributed by atoms with Gasteiger partial charge in [-0.15, -0.1) is 11.3 Å². The van der Waals surface area contributed by atoms with Crippen LogP contribution in [0.4, 0.5) is 0 Å². The molecule has 1 heterocycles. The molecule has 0 fully saturated rings. The van der Waals surface area contributed by atoms with E-state index in [1.165, 1.54) is 24.5 Å². The molecule has 2 aromatic rings. The minimum Gasteiger partial charge on any atom is -0.493 e. The average molecular weight is 370 g/mol. The lowest BCUT2D eigenvalue weighted by molar-refractivity contribution is 0.105. The van der Waals surface area contributed by atoms with Crippen LogP contribution in [0.25, 0.3) is 6.08 Å². The van der Waals surface area contributed by atoms with E-state index < -0.39 is 0 Å². The highest BCUT2D eigenvalue weighted by molar-refractivity contribution is 7.14. The number of aromatic nitrogens is 1. The molecular weight excluding hydrogens is 348 g/mol. The Kier molecular flexibility index (Phi) is 6.17. The van der Waals surface area contributed by atoms with Gasteiger partial charge in [0, 0.05) is 5.41 Å². The minimum absolute atomic E-state index is 0.0508. The molecule has 0 bridgehead atoms. The summed E-state index contributed by atoms with van der Waals surface area (Å²) in [7, 11) is 1.53. The Morgan fingerprint density at radius 2 is 2.08 bits per heavy atom. The van der Waals surface area contributed by atoms with Crippen LogP contribution in [-0.4, -0.2) is 24.5 Å². The first-order chi connectivity index (χ1) is 12.3. The van der Waals surface area contributed by atoms with Gasteiger partial charge in [0.1, 0.15) is 6.07 Å². The van der Waals surface area contributed by atoms with E-state index in [1.807, 2.05) is 13.0 Å². The van der Waals surface area contributed by atoms with Crippen LogP contribution >= 0.6 is 11.3 Å². The molecule has 6 heteroatoms. The Bertz CT molecular complexity index is 870. The summed E-state index contributed by atoms with van der Waals surface area (Å²) in [5.74, 6) is 0.934. The SMILES string of the molecule is COc1cc(/C=C/C(=O)c2sc(C(C)(C)C)nc2C)ccc1OCC#N. The van der Waals surface area contributed by atoms with E-state index in [9.17, 15) is 4.79 Å². The van der Waals surface area contributed by atoms with Gasteiger partial charge in [-0.1, -0.05) is 32.9 Å². The highest BCUT2D eigenvalue weighted by Gasteiger charge is 2.22. The molecule has 0 amide bonds. The number of nitriles is 1. The van der Waals surface area contributed by atoms with Crippen LogP contribution in [0.2, 0.25) is 0 Å². The van der Waals surface area contributed by atoms with Gasteiger partial charge in [0.05, 0.1) is 22.7 Å². The Morgan fingerprint density at radius 1 is 1.35 bits per heavy atom. The van der Waals surface area contributed by atoms with Gasteiger partial charge in [-0.25, -0.2) is 4.98 Å². The number of ketones is 1. The zero-order valence-electron chi connectivity index (χ0n) is 15.6. The minimum atomic E-state index is -0.0791. The standard InChI is InChI=1S/C20H22N2O3S/c1-13-18(26-19(22-13)20(2,3)4)15(23)8-6-14-7-9-16(25-11-10-21)17(12-14)24-5/h6-9,12H,11H2,1-5H3/b8-6+. The lowest BCUT2D eigenvalue weighted by Crippen LogP contribution is -2.10. The molecular formula is C20H22N2O3S. The number of ether oxygens (including phenoxy) is 2. The van der Waals surface area contributed by atoms with Gasteiger partial charge >= 0.3 is 0 Å². The summed E-state index contributed by atoms with van der Waals surface area (Å²) in [6.07, 6.45) is 3.27. The largest absolute Gasteiger partial charge is 0.493 e. The first-order valence-electron chi connectivity index (χ1n) is 8.14. The summed E-state index contributed by atoms with van der Waals surface area (Å²) in [4.78, 5) is 17.7. The number of carbonyl (C=O) groups excluding carboxylic acids is 1. The Labute approximate surface area is 157 Å². The maximum atomic E-state index is 12.5. The number of hydrogen-bond donors (Lipinski definition) is 0. The Morgan fingerprint density at radius 3 is 2.65 bits per heavy atom. The molecule has 136 valence electrons. The lowest BCUT2D eigenvalue weighted by Gasteiger charge is -2.13. The second-order valence-electron chi connectivity index (χ2n) is 6.74. The van der Waals surface area contributed by atoms with Crippen molar-refractivity contribution < 1.29 is 14.3 Å². The molecule has 0 atom stereocenters. The number of hydrogen-bond acceptors (Lipinski definition) is 6. The van der Waals surface area contributed by atoms with Crippen molar-refractivity contribution in [2.24, 2.45) is 0 Å². The molecule has 1 aromatic heterocycles. The number of methoxy groups -OCH3 is 1. The van der Waals surface area contributed by atoms with Crippen LogP contribution in [0.3, 0.4) is 0 Å². The number of thiazole rings is 1. The van der Waals surface area contributed by atoms with Crippen LogP contribution in [0.5, 0.6) is 11.5 Å². The predicted octanol–water partition coefficient (Wildman–Crippen LogP) is 4.56. The number of aryl methyl sites for hydroxylation is 1. The maximum absolute atomic E-state index is 12.5. The summed E-state index contributed by atoms with van der Waals surface area (Å²) in [6, 6.07) is 7.20. The molecule has 0 saturated carbocycles. The van der Waals surface area contributed by atoms with E-state index in [1.54, 1.807) is 24.3 Å². The van der Waals surface area contributed by atoms with E-state index in [4.69, 9.17) is 14.7 Å². The summed E-state index contributed by atoms with van der Waals surface area (Å²) in [5, 5.41) is 9.56. The van der Waals surface area contributed by atoms with E-state index >= 15 is 0 Å². The molecule has 5 nitrogen and oxygen atoms in total. The van der Waals surface area contributed by atoms with Gasteiger partial charge in [0.2, 0.25) is 0 Å². The fourth-order valence-electron chi connectivity index (χ4n) is 2.21. The Balaban J connectivity index is 2.20. The van der Waals surface area contributed by atoms with Gasteiger partial charge in [-0.2, -0.15) is 5.26 Å². The van der Waals surface area contributed by atoms with E-state index in [0.29, 0.717) is 16.4 Å². The number of nitrogens with zero attached hydrogens (tertiary/aromatic N) is 2. The molecule has 0 unspecified atom stereocenters. The third kappa shape index (κ3) is 4.70. The zero-order chi connectivity index (χ0) is 19.3. The van der Waals surface area contributed by atoms with Gasteiger partial charge < -0.3 is 9.47 Å². The molecule has 0 aliphatic rings. The molecule has 0 aliphatic carbocycles. The van der Waals surface area contributed by atoms with Crippen LogP contribution in [-0.2, 0) is 5.41 Å². The third-order valence-corrected chi connectivity index (χ3v) is 5.17. The normalized spacial score (nSPS) is 11.4. The number of allylic oxidation sites excluding steroid dienone is 1. The van der Waals surface area contributed by atoms with Crippen molar-refractivity contribution in [1.82, 2.24) is 4.98 Å². The van der Waals surface area contributed by atoms with E-state index in [0.717, 1.165) is 16.3 Å². The zero-order valence-corrected chi connectivity index (χ0v) is 16.4. The van der Waals surface area contributed by atoms with Crippen LogP contribution in [0.1, 0.15) is 46.7 Å². The first-order valence-corrected chi connectivity index (χ1v) is 8.96. The van der Waals surface area contributed by atoms with Crippen LogP contribution in [0.15, 0.2) is 24.3 Å². The van der Waals surface area contributed by atoms with Crippen molar-refractivity contribution in [2.75, 3.05) is 13.7 Å². The second-order valence-corrected chi connectivity index (χ2v) is 7.74.